The summed E-state index contributed by atoms with van der Waals surface area (Å²) in [5, 5.41) is 1.92. The van der Waals surface area contributed by atoms with E-state index >= 15 is 0 Å². The van der Waals surface area contributed by atoms with Crippen LogP contribution in [0.15, 0.2) is 17.9 Å². The second-order valence-corrected chi connectivity index (χ2v) is 8.20. The topological polar surface area (TPSA) is 60.8 Å². The molecule has 0 radical (unpaired) electrons. The van der Waals surface area contributed by atoms with Crippen LogP contribution in [0.2, 0.25) is 5.02 Å². The monoisotopic (exact) mass is 343 g/mol. The van der Waals surface area contributed by atoms with Gasteiger partial charge in [0.2, 0.25) is 0 Å². The minimum atomic E-state index is -4.15. The normalized spacial score (nSPS) is 16.8. The minimum Gasteiger partial charge on any atom is -0.321 e. The predicted molar refractivity (Wildman–Crippen MR) is 88.0 cm³/mol. The molecule has 2 heterocycles. The molecule has 1 aliphatic heterocycles. The van der Waals surface area contributed by atoms with Gasteiger partial charge in [0, 0.05) is 38.9 Å². The Morgan fingerprint density at radius 3 is 2.86 bits per heavy atom. The highest BCUT2D eigenvalue weighted by Gasteiger charge is 2.21. The largest absolute Gasteiger partial charge is 0.349 e. The second-order valence-electron chi connectivity index (χ2n) is 5.24. The average molecular weight is 344 g/mol. The molecule has 21 heavy (non-hydrogen) atoms. The van der Waals surface area contributed by atoms with E-state index < -0.39 is 7.60 Å². The number of hydrogen-bond donors (Lipinski definition) is 2. The molecule has 3 rings (SSSR count). The Morgan fingerprint density at radius 2 is 2.14 bits per heavy atom. The van der Waals surface area contributed by atoms with Crippen LogP contribution in [0.25, 0.3) is 16.2 Å². The fourth-order valence-electron chi connectivity index (χ4n) is 2.67. The predicted octanol–water partition coefficient (Wildman–Crippen LogP) is 3.69. The van der Waals surface area contributed by atoms with Crippen molar-refractivity contribution in [1.82, 2.24) is 4.90 Å². The molecule has 0 aliphatic carbocycles. The molecule has 1 aromatic heterocycles. The van der Waals surface area contributed by atoms with Crippen LogP contribution in [-0.4, -0.2) is 28.3 Å². The van der Waals surface area contributed by atoms with Crippen molar-refractivity contribution in [3.63, 3.8) is 0 Å². The zero-order valence-electron chi connectivity index (χ0n) is 11.4. The summed E-state index contributed by atoms with van der Waals surface area (Å²) < 4.78 is 12.2. The molecule has 1 aromatic carbocycles. The van der Waals surface area contributed by atoms with Gasteiger partial charge in [-0.25, -0.2) is 0 Å². The Morgan fingerprint density at radius 1 is 1.38 bits per heavy atom. The number of likely N-dealkylation sites (N-methyl/N-ethyl adjacent to an activating group) is 1. The van der Waals surface area contributed by atoms with Crippen LogP contribution in [0.1, 0.15) is 16.0 Å². The van der Waals surface area contributed by atoms with Crippen LogP contribution in [0.3, 0.4) is 0 Å². The van der Waals surface area contributed by atoms with E-state index in [9.17, 15) is 4.57 Å². The molecule has 2 N–H and O–H groups in total. The van der Waals surface area contributed by atoms with Crippen LogP contribution < -0.4 is 0 Å². The number of nitrogens with zero attached hydrogens (tertiary/aromatic N) is 1. The third-order valence-corrected chi connectivity index (χ3v) is 5.68. The average Bonchev–Trinajstić information content (AvgIpc) is 2.62. The van der Waals surface area contributed by atoms with Crippen LogP contribution in [-0.2, 0) is 17.5 Å². The molecule has 112 valence electrons. The molecule has 0 saturated carbocycles. The van der Waals surface area contributed by atoms with E-state index in [0.717, 1.165) is 56.4 Å². The van der Waals surface area contributed by atoms with Gasteiger partial charge in [-0.05, 0) is 42.8 Å². The Labute approximate surface area is 131 Å². The van der Waals surface area contributed by atoms with Crippen LogP contribution >= 0.6 is 30.5 Å². The van der Waals surface area contributed by atoms with Crippen molar-refractivity contribution in [2.75, 3.05) is 13.6 Å². The van der Waals surface area contributed by atoms with Crippen LogP contribution in [0, 0.1) is 0 Å². The standard InChI is InChI=1S/C14H15ClNO3PS/c1-16-6-4-9-11(15)2-3-13-14(9)10(8-16)12(21-13)5-7-20(17,18)19/h2-3,5,7H,4,6,8H2,1H3,(H2,17,18,19)/b7-5+. The van der Waals surface area contributed by atoms with E-state index in [1.54, 1.807) is 11.3 Å². The number of hydrogen-bond acceptors (Lipinski definition) is 3. The molecule has 0 amide bonds. The highest BCUT2D eigenvalue weighted by molar-refractivity contribution is 7.55. The first-order valence-corrected chi connectivity index (χ1v) is 9.38. The van der Waals surface area contributed by atoms with E-state index in [2.05, 4.69) is 4.90 Å². The molecule has 0 bridgehead atoms. The number of halogens is 1. The van der Waals surface area contributed by atoms with Gasteiger partial charge in [0.1, 0.15) is 0 Å². The highest BCUT2D eigenvalue weighted by Crippen LogP contribution is 2.42. The maximum absolute atomic E-state index is 11.1. The summed E-state index contributed by atoms with van der Waals surface area (Å²) in [4.78, 5) is 21.2. The van der Waals surface area contributed by atoms with Crippen molar-refractivity contribution in [3.05, 3.63) is 39.0 Å². The lowest BCUT2D eigenvalue weighted by Crippen LogP contribution is -2.18. The molecule has 0 saturated heterocycles. The SMILES string of the molecule is CN1CCc2c(Cl)ccc3sc(/C=C/P(=O)(O)O)c(c23)C1. The van der Waals surface area contributed by atoms with Crippen molar-refractivity contribution in [3.8, 4) is 0 Å². The van der Waals surface area contributed by atoms with Gasteiger partial charge in [-0.1, -0.05) is 11.6 Å². The van der Waals surface area contributed by atoms with Gasteiger partial charge in [-0.2, -0.15) is 0 Å². The lowest BCUT2D eigenvalue weighted by molar-refractivity contribution is 0.337. The van der Waals surface area contributed by atoms with Crippen LogP contribution in [0.4, 0.5) is 0 Å². The summed E-state index contributed by atoms with van der Waals surface area (Å²) in [5.41, 5.74) is 2.25. The molecular formula is C14H15ClNO3PS. The van der Waals surface area contributed by atoms with Crippen molar-refractivity contribution < 1.29 is 14.4 Å². The molecular weight excluding hydrogens is 329 g/mol. The first kappa shape index (κ1) is 15.2. The van der Waals surface area contributed by atoms with Crippen molar-refractivity contribution >= 4 is 46.7 Å². The van der Waals surface area contributed by atoms with Gasteiger partial charge >= 0.3 is 7.60 Å². The maximum atomic E-state index is 11.1. The van der Waals surface area contributed by atoms with Gasteiger partial charge in [0.05, 0.1) is 0 Å². The Kier molecular flexibility index (Phi) is 3.99. The molecule has 1 aliphatic rings. The molecule has 0 atom stereocenters. The fourth-order valence-corrected chi connectivity index (χ4v) is 4.52. The van der Waals surface area contributed by atoms with Gasteiger partial charge < -0.3 is 14.7 Å². The first-order valence-electron chi connectivity index (χ1n) is 6.51. The Bertz CT molecular complexity index is 780. The first-order chi connectivity index (χ1) is 9.85. The van der Waals surface area contributed by atoms with Crippen molar-refractivity contribution in [1.29, 1.82) is 0 Å². The molecule has 7 heteroatoms. The second kappa shape index (κ2) is 5.51. The third kappa shape index (κ3) is 3.09. The number of rotatable bonds is 2. The van der Waals surface area contributed by atoms with E-state index in [-0.39, 0.29) is 0 Å². The van der Waals surface area contributed by atoms with Gasteiger partial charge in [-0.3, -0.25) is 4.57 Å². The summed E-state index contributed by atoms with van der Waals surface area (Å²) in [5.74, 6) is 0.973. The number of benzene rings is 1. The molecule has 2 aromatic rings. The summed E-state index contributed by atoms with van der Waals surface area (Å²) in [6.45, 7) is 1.67. The molecule has 0 unspecified atom stereocenters. The lowest BCUT2D eigenvalue weighted by Gasteiger charge is -2.13. The zero-order chi connectivity index (χ0) is 15.2. The molecule has 4 nitrogen and oxygen atoms in total. The third-order valence-electron chi connectivity index (χ3n) is 3.63. The van der Waals surface area contributed by atoms with Crippen molar-refractivity contribution in [2.24, 2.45) is 0 Å². The summed E-state index contributed by atoms with van der Waals surface area (Å²) in [6.07, 6.45) is 2.43. The summed E-state index contributed by atoms with van der Waals surface area (Å²) in [6, 6.07) is 3.89. The molecule has 0 spiro atoms. The Hall–Kier alpha value is -0.680. The smallest absolute Gasteiger partial charge is 0.321 e. The highest BCUT2D eigenvalue weighted by atomic mass is 35.5. The number of thiophene rings is 1. The Balaban J connectivity index is 2.23. The maximum Gasteiger partial charge on any atom is 0.349 e. The van der Waals surface area contributed by atoms with Crippen LogP contribution in [0.5, 0.6) is 0 Å². The van der Waals surface area contributed by atoms with Gasteiger partial charge in [0.25, 0.3) is 0 Å². The zero-order valence-corrected chi connectivity index (χ0v) is 13.9. The van der Waals surface area contributed by atoms with E-state index in [1.165, 1.54) is 6.08 Å². The lowest BCUT2D eigenvalue weighted by atomic mass is 10.0. The molecule has 0 fully saturated rings. The summed E-state index contributed by atoms with van der Waals surface area (Å²) >= 11 is 7.88. The van der Waals surface area contributed by atoms with E-state index in [1.807, 2.05) is 19.2 Å². The van der Waals surface area contributed by atoms with Gasteiger partial charge in [-0.15, -0.1) is 11.3 Å². The summed E-state index contributed by atoms with van der Waals surface area (Å²) in [7, 11) is -2.11. The van der Waals surface area contributed by atoms with Crippen molar-refractivity contribution in [2.45, 2.75) is 13.0 Å². The quantitative estimate of drug-likeness (QED) is 0.816. The minimum absolute atomic E-state index is 0.758. The fraction of sp³-hybridized carbons (Fsp3) is 0.286. The van der Waals surface area contributed by atoms with E-state index in [4.69, 9.17) is 21.4 Å². The van der Waals surface area contributed by atoms with Gasteiger partial charge in [0.15, 0.2) is 0 Å². The van der Waals surface area contributed by atoms with E-state index in [0.29, 0.717) is 0 Å².